The van der Waals surface area contributed by atoms with Crippen LogP contribution in [-0.4, -0.2) is 18.1 Å². The number of esters is 1. The average molecular weight is 198 g/mol. The number of aromatic nitrogens is 1. The molecule has 1 unspecified atom stereocenters. The van der Waals surface area contributed by atoms with Gasteiger partial charge in [-0.3, -0.25) is 4.98 Å². The lowest BCUT2D eigenvalue weighted by Gasteiger charge is -2.06. The van der Waals surface area contributed by atoms with E-state index in [2.05, 4.69) is 9.72 Å². The van der Waals surface area contributed by atoms with Gasteiger partial charge in [0.05, 0.1) is 18.4 Å². The van der Waals surface area contributed by atoms with Gasteiger partial charge in [0.1, 0.15) is 5.82 Å². The van der Waals surface area contributed by atoms with E-state index in [1.54, 1.807) is 6.92 Å². The molecule has 1 rings (SSSR count). The van der Waals surface area contributed by atoms with E-state index >= 15 is 0 Å². The van der Waals surface area contributed by atoms with Crippen molar-refractivity contribution in [3.63, 3.8) is 0 Å². The summed E-state index contributed by atoms with van der Waals surface area (Å²) in [4.78, 5) is 14.7. The quantitative estimate of drug-likeness (QED) is 0.721. The van der Waals surface area contributed by atoms with Gasteiger partial charge in [-0.2, -0.15) is 0 Å². The Labute approximate surface area is 80.9 Å². The van der Waals surface area contributed by atoms with Crippen LogP contribution in [0.4, 0.5) is 4.39 Å². The minimum absolute atomic E-state index is 0.0781. The summed E-state index contributed by atoms with van der Waals surface area (Å²) in [5.74, 6) is -1.21. The number of carbonyl (C=O) groups excluding carboxylic acids is 1. The van der Waals surface area contributed by atoms with Crippen LogP contribution in [-0.2, 0) is 4.74 Å². The van der Waals surface area contributed by atoms with Gasteiger partial charge in [-0.15, -0.1) is 0 Å². The van der Waals surface area contributed by atoms with Crippen molar-refractivity contribution in [2.45, 2.75) is 13.0 Å². The number of ether oxygens (including phenoxy) is 1. The van der Waals surface area contributed by atoms with Crippen LogP contribution < -0.4 is 5.73 Å². The first-order valence-electron chi connectivity index (χ1n) is 4.05. The molecule has 5 heteroatoms. The lowest BCUT2D eigenvalue weighted by Crippen LogP contribution is -2.12. The molecule has 4 nitrogen and oxygen atoms in total. The van der Waals surface area contributed by atoms with Gasteiger partial charge in [-0.1, -0.05) is 0 Å². The molecule has 0 spiro atoms. The highest BCUT2D eigenvalue weighted by Gasteiger charge is 2.13. The minimum Gasteiger partial charge on any atom is -0.465 e. The molecule has 1 aromatic heterocycles. The molecule has 0 radical (unpaired) electrons. The number of pyridine rings is 1. The van der Waals surface area contributed by atoms with Crippen LogP contribution in [0.2, 0.25) is 0 Å². The topological polar surface area (TPSA) is 65.2 Å². The highest BCUT2D eigenvalue weighted by Crippen LogP contribution is 2.13. The van der Waals surface area contributed by atoms with Crippen molar-refractivity contribution in [3.8, 4) is 0 Å². The van der Waals surface area contributed by atoms with Crippen molar-refractivity contribution in [2.24, 2.45) is 5.73 Å². The van der Waals surface area contributed by atoms with E-state index in [9.17, 15) is 9.18 Å². The largest absolute Gasteiger partial charge is 0.465 e. The van der Waals surface area contributed by atoms with E-state index < -0.39 is 17.8 Å². The third-order valence-electron chi connectivity index (χ3n) is 1.72. The van der Waals surface area contributed by atoms with Crippen LogP contribution in [0, 0.1) is 5.82 Å². The molecule has 1 aromatic rings. The number of carbonyl (C=O) groups is 1. The Kier molecular flexibility index (Phi) is 3.14. The molecule has 14 heavy (non-hydrogen) atoms. The maximum Gasteiger partial charge on any atom is 0.339 e. The van der Waals surface area contributed by atoms with E-state index in [0.717, 1.165) is 6.07 Å². The van der Waals surface area contributed by atoms with Crippen LogP contribution in [0.5, 0.6) is 0 Å². The van der Waals surface area contributed by atoms with E-state index in [4.69, 9.17) is 5.73 Å². The number of nitrogens with zero attached hydrogens (tertiary/aromatic N) is 1. The fraction of sp³-hybridized carbons (Fsp3) is 0.333. The van der Waals surface area contributed by atoms with Gasteiger partial charge in [-0.05, 0) is 13.0 Å². The molecule has 0 saturated carbocycles. The van der Waals surface area contributed by atoms with Crippen molar-refractivity contribution >= 4 is 5.97 Å². The molecule has 0 bridgehead atoms. The summed E-state index contributed by atoms with van der Waals surface area (Å²) in [6, 6.07) is 0.569. The molecule has 0 aromatic carbocycles. The standard InChI is InChI=1S/C9H11FN2O2/c1-5(11)8-7(10)3-6(4-12-8)9(13)14-2/h3-5H,11H2,1-2H3. The summed E-state index contributed by atoms with van der Waals surface area (Å²) in [6.07, 6.45) is 1.24. The maximum absolute atomic E-state index is 13.2. The number of hydrogen-bond acceptors (Lipinski definition) is 4. The monoisotopic (exact) mass is 198 g/mol. The van der Waals surface area contributed by atoms with Crippen molar-refractivity contribution in [3.05, 3.63) is 29.3 Å². The lowest BCUT2D eigenvalue weighted by molar-refractivity contribution is 0.0599. The van der Waals surface area contributed by atoms with Gasteiger partial charge >= 0.3 is 5.97 Å². The smallest absolute Gasteiger partial charge is 0.339 e. The number of methoxy groups -OCH3 is 1. The van der Waals surface area contributed by atoms with Crippen LogP contribution in [0.15, 0.2) is 12.3 Å². The highest BCUT2D eigenvalue weighted by atomic mass is 19.1. The number of nitrogens with two attached hydrogens (primary N) is 1. The second-order valence-electron chi connectivity index (χ2n) is 2.87. The summed E-state index contributed by atoms with van der Waals surface area (Å²) in [5, 5.41) is 0. The molecule has 0 amide bonds. The Balaban J connectivity index is 3.06. The fourth-order valence-electron chi connectivity index (χ4n) is 1.01. The van der Waals surface area contributed by atoms with Gasteiger partial charge in [0.2, 0.25) is 0 Å². The molecule has 1 atom stereocenters. The zero-order valence-electron chi connectivity index (χ0n) is 7.95. The third kappa shape index (κ3) is 2.05. The van der Waals surface area contributed by atoms with Gasteiger partial charge in [0.25, 0.3) is 0 Å². The Morgan fingerprint density at radius 3 is 2.79 bits per heavy atom. The Hall–Kier alpha value is -1.49. The van der Waals surface area contributed by atoms with E-state index in [0.29, 0.717) is 0 Å². The van der Waals surface area contributed by atoms with Gasteiger partial charge in [0, 0.05) is 12.2 Å². The SMILES string of the molecule is COC(=O)c1cnc(C(C)N)c(F)c1. The van der Waals surface area contributed by atoms with E-state index in [1.807, 2.05) is 0 Å². The van der Waals surface area contributed by atoms with Crippen LogP contribution in [0.1, 0.15) is 29.0 Å². The van der Waals surface area contributed by atoms with Crippen molar-refractivity contribution in [1.29, 1.82) is 0 Å². The summed E-state index contributed by atoms with van der Waals surface area (Å²) in [5.41, 5.74) is 5.67. The zero-order valence-corrected chi connectivity index (χ0v) is 7.95. The molecule has 0 aliphatic carbocycles. The highest BCUT2D eigenvalue weighted by molar-refractivity contribution is 5.88. The molecule has 0 fully saturated rings. The predicted octanol–water partition coefficient (Wildman–Crippen LogP) is 1.03. The first-order chi connectivity index (χ1) is 6.56. The zero-order chi connectivity index (χ0) is 10.7. The van der Waals surface area contributed by atoms with Gasteiger partial charge in [-0.25, -0.2) is 9.18 Å². The maximum atomic E-state index is 13.2. The molecule has 0 aliphatic rings. The molecule has 0 aliphatic heterocycles. The van der Waals surface area contributed by atoms with Gasteiger partial charge < -0.3 is 10.5 Å². The number of rotatable bonds is 2. The minimum atomic E-state index is -0.618. The van der Waals surface area contributed by atoms with Crippen molar-refractivity contribution < 1.29 is 13.9 Å². The molecule has 0 saturated heterocycles. The van der Waals surface area contributed by atoms with E-state index in [-0.39, 0.29) is 11.3 Å². The second kappa shape index (κ2) is 4.15. The second-order valence-corrected chi connectivity index (χ2v) is 2.87. The average Bonchev–Trinajstić information content (AvgIpc) is 2.15. The first-order valence-corrected chi connectivity index (χ1v) is 4.05. The number of halogens is 1. The molecular weight excluding hydrogens is 187 g/mol. The summed E-state index contributed by atoms with van der Waals surface area (Å²) < 4.78 is 17.7. The Bertz CT molecular complexity index is 353. The first kappa shape index (κ1) is 10.6. The molecule has 1 heterocycles. The number of hydrogen-bond donors (Lipinski definition) is 1. The predicted molar refractivity (Wildman–Crippen MR) is 48.1 cm³/mol. The summed E-state index contributed by atoms with van der Waals surface area (Å²) in [7, 11) is 1.22. The molecule has 76 valence electrons. The summed E-state index contributed by atoms with van der Waals surface area (Å²) >= 11 is 0. The molecule has 2 N–H and O–H groups in total. The fourth-order valence-corrected chi connectivity index (χ4v) is 1.01. The summed E-state index contributed by atoms with van der Waals surface area (Å²) in [6.45, 7) is 1.61. The van der Waals surface area contributed by atoms with Gasteiger partial charge in [0.15, 0.2) is 0 Å². The Morgan fingerprint density at radius 2 is 2.36 bits per heavy atom. The van der Waals surface area contributed by atoms with Crippen molar-refractivity contribution in [1.82, 2.24) is 4.98 Å². The van der Waals surface area contributed by atoms with Crippen LogP contribution >= 0.6 is 0 Å². The lowest BCUT2D eigenvalue weighted by atomic mass is 10.2. The normalized spacial score (nSPS) is 12.3. The third-order valence-corrected chi connectivity index (χ3v) is 1.72. The van der Waals surface area contributed by atoms with E-state index in [1.165, 1.54) is 13.3 Å². The van der Waals surface area contributed by atoms with Crippen LogP contribution in [0.25, 0.3) is 0 Å². The van der Waals surface area contributed by atoms with Crippen LogP contribution in [0.3, 0.4) is 0 Å². The Morgan fingerprint density at radius 1 is 1.71 bits per heavy atom. The molecular formula is C9H11FN2O2. The van der Waals surface area contributed by atoms with Crippen molar-refractivity contribution in [2.75, 3.05) is 7.11 Å².